The van der Waals surface area contributed by atoms with Gasteiger partial charge in [0, 0.05) is 23.7 Å². The average Bonchev–Trinajstić information content (AvgIpc) is 2.56. The summed E-state index contributed by atoms with van der Waals surface area (Å²) in [4.78, 5) is 25.9. The van der Waals surface area contributed by atoms with Gasteiger partial charge >= 0.3 is 5.69 Å². The zero-order chi connectivity index (χ0) is 16.5. The molecule has 1 aromatic heterocycles. The zero-order valence-electron chi connectivity index (χ0n) is 13.2. The minimum Gasteiger partial charge on any atom is -0.301 e. The molecule has 0 bridgehead atoms. The van der Waals surface area contributed by atoms with Gasteiger partial charge in [-0.1, -0.05) is 49.8 Å². The van der Waals surface area contributed by atoms with E-state index in [0.717, 1.165) is 36.3 Å². The molecule has 0 radical (unpaired) electrons. The first-order valence-electron chi connectivity index (χ1n) is 7.84. The topological polar surface area (TPSA) is 54.9 Å². The molecule has 0 unspecified atom stereocenters. The van der Waals surface area contributed by atoms with Crippen molar-refractivity contribution < 1.29 is 0 Å². The number of thioether (sulfide) groups is 1. The normalized spacial score (nSPS) is 10.6. The summed E-state index contributed by atoms with van der Waals surface area (Å²) < 4.78 is 1.55. The molecule has 2 aromatic rings. The third-order valence-electron chi connectivity index (χ3n) is 3.56. The number of aromatic amines is 1. The lowest BCUT2D eigenvalue weighted by Gasteiger charge is -2.06. The van der Waals surface area contributed by atoms with Gasteiger partial charge in [-0.25, -0.2) is 4.79 Å². The molecule has 0 fully saturated rings. The summed E-state index contributed by atoms with van der Waals surface area (Å²) in [5.74, 6) is 1.06. The highest BCUT2D eigenvalue weighted by Gasteiger charge is 1.99. The fourth-order valence-electron chi connectivity index (χ4n) is 2.26. The molecule has 2 rings (SSSR count). The molecule has 1 aromatic carbocycles. The second-order valence-electron chi connectivity index (χ2n) is 5.36. The van der Waals surface area contributed by atoms with Crippen molar-refractivity contribution in [1.29, 1.82) is 0 Å². The molecule has 0 saturated heterocycles. The van der Waals surface area contributed by atoms with Gasteiger partial charge in [-0.3, -0.25) is 9.78 Å². The molecule has 122 valence electrons. The Morgan fingerprint density at radius 1 is 1.04 bits per heavy atom. The summed E-state index contributed by atoms with van der Waals surface area (Å²) in [5.41, 5.74) is 0.518. The van der Waals surface area contributed by atoms with Crippen LogP contribution in [-0.4, -0.2) is 15.3 Å². The Bertz CT molecular complexity index is 734. The van der Waals surface area contributed by atoms with E-state index in [0.29, 0.717) is 6.54 Å². The van der Waals surface area contributed by atoms with Crippen LogP contribution in [0.2, 0.25) is 0 Å². The van der Waals surface area contributed by atoms with Crippen molar-refractivity contribution >= 4 is 16.7 Å². The molecule has 5 heteroatoms. The van der Waals surface area contributed by atoms with Crippen molar-refractivity contribution in [3.05, 3.63) is 75.6 Å². The van der Waals surface area contributed by atoms with Crippen molar-refractivity contribution in [2.75, 3.05) is 5.75 Å². The lowest BCUT2D eigenvalue weighted by atomic mass is 10.2. The molecule has 0 aliphatic heterocycles. The summed E-state index contributed by atoms with van der Waals surface area (Å²) in [5, 5.41) is 0. The van der Waals surface area contributed by atoms with Gasteiger partial charge in [-0.15, -0.1) is 11.8 Å². The predicted octanol–water partition coefficient (Wildman–Crippen LogP) is 3.50. The van der Waals surface area contributed by atoms with Crippen LogP contribution in [0.15, 0.2) is 58.8 Å². The molecule has 1 heterocycles. The highest BCUT2D eigenvalue weighted by molar-refractivity contribution is 8.08. The Labute approximate surface area is 140 Å². The first kappa shape index (κ1) is 17.3. The molecule has 0 saturated carbocycles. The number of hydrogen-bond donors (Lipinski definition) is 1. The lowest BCUT2D eigenvalue weighted by Crippen LogP contribution is -2.28. The van der Waals surface area contributed by atoms with E-state index in [1.54, 1.807) is 22.5 Å². The van der Waals surface area contributed by atoms with Crippen molar-refractivity contribution in [2.24, 2.45) is 0 Å². The van der Waals surface area contributed by atoms with E-state index >= 15 is 0 Å². The number of H-pyrrole nitrogens is 1. The second kappa shape index (κ2) is 9.20. The number of aromatic nitrogens is 2. The van der Waals surface area contributed by atoms with Gasteiger partial charge in [0.2, 0.25) is 0 Å². The Morgan fingerprint density at radius 2 is 1.78 bits per heavy atom. The number of hydrogen-bond acceptors (Lipinski definition) is 3. The Kier molecular flexibility index (Phi) is 6.94. The SMILES string of the molecule is C=C(SCCCCCCn1ccc(=O)[nH]c1=O)c1ccccc1. The van der Waals surface area contributed by atoms with Crippen LogP contribution >= 0.6 is 11.8 Å². The van der Waals surface area contributed by atoms with Crippen molar-refractivity contribution in [3.63, 3.8) is 0 Å². The van der Waals surface area contributed by atoms with Crippen LogP contribution < -0.4 is 11.2 Å². The van der Waals surface area contributed by atoms with E-state index in [1.165, 1.54) is 11.6 Å². The predicted molar refractivity (Wildman–Crippen MR) is 97.7 cm³/mol. The first-order chi connectivity index (χ1) is 11.2. The number of rotatable bonds is 9. The van der Waals surface area contributed by atoms with Gasteiger partial charge in [-0.05, 0) is 24.2 Å². The maximum absolute atomic E-state index is 11.5. The van der Waals surface area contributed by atoms with Crippen molar-refractivity contribution in [2.45, 2.75) is 32.2 Å². The molecule has 0 aliphatic rings. The van der Waals surface area contributed by atoms with Gasteiger partial charge < -0.3 is 4.57 Å². The molecule has 0 spiro atoms. The summed E-state index contributed by atoms with van der Waals surface area (Å²) >= 11 is 1.80. The van der Waals surface area contributed by atoms with Gasteiger partial charge in [0.15, 0.2) is 0 Å². The molecular formula is C18H22N2O2S. The van der Waals surface area contributed by atoms with Crippen LogP contribution in [0.4, 0.5) is 0 Å². The van der Waals surface area contributed by atoms with Crippen molar-refractivity contribution in [3.8, 4) is 0 Å². The molecule has 0 amide bonds. The molecule has 4 nitrogen and oxygen atoms in total. The summed E-state index contributed by atoms with van der Waals surface area (Å²) in [6, 6.07) is 11.6. The fourth-order valence-corrected chi connectivity index (χ4v) is 3.16. The highest BCUT2D eigenvalue weighted by Crippen LogP contribution is 2.26. The van der Waals surface area contributed by atoms with E-state index in [2.05, 4.69) is 23.7 Å². The van der Waals surface area contributed by atoms with Crippen molar-refractivity contribution in [1.82, 2.24) is 9.55 Å². The minimum absolute atomic E-state index is 0.327. The van der Waals surface area contributed by atoms with Gasteiger partial charge in [0.05, 0.1) is 0 Å². The van der Waals surface area contributed by atoms with Gasteiger partial charge in [0.25, 0.3) is 5.56 Å². The summed E-state index contributed by atoms with van der Waals surface area (Å²) in [6.45, 7) is 4.76. The summed E-state index contributed by atoms with van der Waals surface area (Å²) in [7, 11) is 0. The zero-order valence-corrected chi connectivity index (χ0v) is 14.0. The molecule has 0 atom stereocenters. The van der Waals surface area contributed by atoms with E-state index in [4.69, 9.17) is 0 Å². The van der Waals surface area contributed by atoms with E-state index in [-0.39, 0.29) is 11.2 Å². The Morgan fingerprint density at radius 3 is 2.52 bits per heavy atom. The highest BCUT2D eigenvalue weighted by atomic mass is 32.2. The van der Waals surface area contributed by atoms with Gasteiger partial charge in [0.1, 0.15) is 0 Å². The third kappa shape index (κ3) is 5.94. The molecule has 0 aliphatic carbocycles. The number of benzene rings is 1. The van der Waals surface area contributed by atoms with E-state index in [1.807, 2.05) is 18.2 Å². The van der Waals surface area contributed by atoms with Crippen LogP contribution in [0.5, 0.6) is 0 Å². The van der Waals surface area contributed by atoms with Crippen LogP contribution in [0.25, 0.3) is 4.91 Å². The van der Waals surface area contributed by atoms with Gasteiger partial charge in [-0.2, -0.15) is 0 Å². The Balaban J connectivity index is 1.58. The monoisotopic (exact) mass is 330 g/mol. The van der Waals surface area contributed by atoms with Crippen LogP contribution in [-0.2, 0) is 6.54 Å². The van der Waals surface area contributed by atoms with Crippen LogP contribution in [0, 0.1) is 0 Å². The standard InChI is InChI=1S/C18H22N2O2S/c1-15(16-9-5-4-6-10-16)23-14-8-3-2-7-12-20-13-11-17(21)19-18(20)22/h4-6,9-11,13H,1-3,7-8,12,14H2,(H,19,21,22). The maximum Gasteiger partial charge on any atom is 0.328 e. The third-order valence-corrected chi connectivity index (χ3v) is 4.64. The molecule has 1 N–H and O–H groups in total. The van der Waals surface area contributed by atoms with Crippen LogP contribution in [0.1, 0.15) is 31.2 Å². The first-order valence-corrected chi connectivity index (χ1v) is 8.82. The molecule has 23 heavy (non-hydrogen) atoms. The molecular weight excluding hydrogens is 308 g/mol. The fraction of sp³-hybridized carbons (Fsp3) is 0.333. The summed E-state index contributed by atoms with van der Waals surface area (Å²) in [6.07, 6.45) is 5.84. The largest absolute Gasteiger partial charge is 0.328 e. The smallest absolute Gasteiger partial charge is 0.301 e. The maximum atomic E-state index is 11.5. The van der Waals surface area contributed by atoms with E-state index < -0.39 is 0 Å². The Hall–Kier alpha value is -2.01. The van der Waals surface area contributed by atoms with E-state index in [9.17, 15) is 9.59 Å². The quantitative estimate of drug-likeness (QED) is 0.716. The number of aryl methyl sites for hydroxylation is 1. The number of nitrogens with zero attached hydrogens (tertiary/aromatic N) is 1. The van der Waals surface area contributed by atoms with Crippen LogP contribution in [0.3, 0.4) is 0 Å². The number of nitrogens with one attached hydrogen (secondary N) is 1. The second-order valence-corrected chi connectivity index (χ2v) is 6.55. The number of unbranched alkanes of at least 4 members (excludes halogenated alkanes) is 3. The lowest BCUT2D eigenvalue weighted by molar-refractivity contribution is 0.561. The minimum atomic E-state index is -0.345. The average molecular weight is 330 g/mol.